The summed E-state index contributed by atoms with van der Waals surface area (Å²) in [6.45, 7) is 2.79. The van der Waals surface area contributed by atoms with E-state index in [-0.39, 0.29) is 5.82 Å². The third-order valence-electron chi connectivity index (χ3n) is 4.61. The molecule has 8 heteroatoms. The maximum absolute atomic E-state index is 9.15. The predicted octanol–water partition coefficient (Wildman–Crippen LogP) is 3.89. The van der Waals surface area contributed by atoms with Gasteiger partial charge in [0.25, 0.3) is 0 Å². The molecule has 4 rings (SSSR count). The van der Waals surface area contributed by atoms with E-state index in [9.17, 15) is 0 Å². The van der Waals surface area contributed by atoms with Crippen LogP contribution in [0.5, 0.6) is 0 Å². The molecule has 0 atom stereocenters. The van der Waals surface area contributed by atoms with Crippen molar-refractivity contribution in [3.63, 3.8) is 0 Å². The van der Waals surface area contributed by atoms with Crippen molar-refractivity contribution in [2.45, 2.75) is 19.8 Å². The van der Waals surface area contributed by atoms with E-state index in [2.05, 4.69) is 68.1 Å². The van der Waals surface area contributed by atoms with Crippen LogP contribution in [0.3, 0.4) is 0 Å². The lowest BCUT2D eigenvalue weighted by Gasteiger charge is -2.08. The highest BCUT2D eigenvalue weighted by Crippen LogP contribution is 2.36. The summed E-state index contributed by atoms with van der Waals surface area (Å²) in [5.41, 5.74) is 10.4. The van der Waals surface area contributed by atoms with Gasteiger partial charge in [-0.25, -0.2) is 9.97 Å². The minimum Gasteiger partial charge on any atom is -0.381 e. The van der Waals surface area contributed by atoms with Crippen molar-refractivity contribution in [2.24, 2.45) is 0 Å². The van der Waals surface area contributed by atoms with Gasteiger partial charge in [-0.1, -0.05) is 29.8 Å². The molecule has 4 N–H and O–H groups in total. The number of nitrogens with zero attached hydrogens (tertiary/aromatic N) is 4. The number of hydrogen-bond donors (Lipinski definition) is 3. The van der Waals surface area contributed by atoms with E-state index in [0.29, 0.717) is 18.5 Å². The third-order valence-corrected chi connectivity index (χ3v) is 5.50. The van der Waals surface area contributed by atoms with Crippen molar-refractivity contribution in [1.82, 2.24) is 20.2 Å². The first-order valence-electron chi connectivity index (χ1n) is 8.93. The molecule has 4 aromatic rings. The molecule has 0 radical (unpaired) electrons. The second-order valence-corrected chi connectivity index (χ2v) is 7.38. The number of rotatable bonds is 6. The second-order valence-electron chi connectivity index (χ2n) is 6.52. The lowest BCUT2D eigenvalue weighted by molar-refractivity contribution is 0.823. The van der Waals surface area contributed by atoms with Crippen LogP contribution in [-0.2, 0) is 6.42 Å². The van der Waals surface area contributed by atoms with Crippen molar-refractivity contribution in [2.75, 3.05) is 17.6 Å². The monoisotopic (exact) mass is 389 g/mol. The average molecular weight is 389 g/mol. The van der Waals surface area contributed by atoms with Gasteiger partial charge in [0.15, 0.2) is 5.82 Å². The first-order valence-corrected chi connectivity index (χ1v) is 9.81. The molecule has 28 heavy (non-hydrogen) atoms. The molecule has 7 nitrogen and oxygen atoms in total. The molecular formula is C20H19N7S. The Hall–Kier alpha value is -3.44. The molecule has 0 aliphatic carbocycles. The molecule has 0 saturated heterocycles. The lowest BCUT2D eigenvalue weighted by Crippen LogP contribution is -2.06. The number of nitriles is 1. The first kappa shape index (κ1) is 17.9. The molecule has 3 heterocycles. The Morgan fingerprint density at radius 3 is 2.86 bits per heavy atom. The Morgan fingerprint density at radius 2 is 2.07 bits per heavy atom. The van der Waals surface area contributed by atoms with E-state index in [1.165, 1.54) is 5.56 Å². The average Bonchev–Trinajstić information content (AvgIpc) is 3.29. The van der Waals surface area contributed by atoms with Crippen LogP contribution in [0.15, 0.2) is 36.0 Å². The lowest BCUT2D eigenvalue weighted by atomic mass is 10.0. The number of nitrogens with two attached hydrogens (primary N) is 1. The van der Waals surface area contributed by atoms with Crippen LogP contribution in [0, 0.1) is 18.3 Å². The summed E-state index contributed by atoms with van der Waals surface area (Å²) < 4.78 is 0. The van der Waals surface area contributed by atoms with E-state index in [1.54, 1.807) is 17.7 Å². The van der Waals surface area contributed by atoms with E-state index < -0.39 is 0 Å². The Morgan fingerprint density at radius 1 is 1.25 bits per heavy atom. The zero-order valence-corrected chi connectivity index (χ0v) is 16.2. The van der Waals surface area contributed by atoms with E-state index in [1.807, 2.05) is 0 Å². The summed E-state index contributed by atoms with van der Waals surface area (Å²) in [4.78, 5) is 9.83. The fourth-order valence-electron chi connectivity index (χ4n) is 3.13. The molecule has 0 fully saturated rings. The van der Waals surface area contributed by atoms with Crippen LogP contribution in [0.4, 0.5) is 11.6 Å². The number of aromatic amines is 1. The summed E-state index contributed by atoms with van der Waals surface area (Å²) >= 11 is 1.62. The molecular weight excluding hydrogens is 370 g/mol. The van der Waals surface area contributed by atoms with Gasteiger partial charge in [0, 0.05) is 17.5 Å². The molecule has 1 aromatic carbocycles. The van der Waals surface area contributed by atoms with Crippen LogP contribution in [0.25, 0.3) is 21.3 Å². The SMILES string of the molecule is Cc1ccc(-c2csc3ncnc(NCCCc4[nH]nc(N)c4C#N)c23)cc1. The molecule has 0 unspecified atom stereocenters. The number of aryl methyl sites for hydroxylation is 2. The molecule has 3 aromatic heterocycles. The van der Waals surface area contributed by atoms with Gasteiger partial charge >= 0.3 is 0 Å². The highest BCUT2D eigenvalue weighted by Gasteiger charge is 2.13. The van der Waals surface area contributed by atoms with Crippen molar-refractivity contribution < 1.29 is 0 Å². The minimum atomic E-state index is 0.254. The summed E-state index contributed by atoms with van der Waals surface area (Å²) in [6, 6.07) is 10.6. The maximum atomic E-state index is 9.15. The maximum Gasteiger partial charge on any atom is 0.163 e. The Balaban J connectivity index is 1.52. The summed E-state index contributed by atoms with van der Waals surface area (Å²) in [6.07, 6.45) is 3.08. The third kappa shape index (κ3) is 3.40. The summed E-state index contributed by atoms with van der Waals surface area (Å²) in [7, 11) is 0. The molecule has 140 valence electrons. The normalized spacial score (nSPS) is 10.9. The number of fused-ring (bicyclic) bond motifs is 1. The van der Waals surface area contributed by atoms with Crippen LogP contribution in [-0.4, -0.2) is 26.7 Å². The van der Waals surface area contributed by atoms with E-state index in [4.69, 9.17) is 11.0 Å². The number of nitrogen functional groups attached to an aromatic ring is 1. The van der Waals surface area contributed by atoms with Gasteiger partial charge in [-0.3, -0.25) is 5.10 Å². The van der Waals surface area contributed by atoms with E-state index in [0.717, 1.165) is 39.3 Å². The van der Waals surface area contributed by atoms with Gasteiger partial charge in [0.2, 0.25) is 0 Å². The first-order chi connectivity index (χ1) is 13.7. The van der Waals surface area contributed by atoms with Gasteiger partial charge in [-0.05, 0) is 25.3 Å². The number of anilines is 2. The van der Waals surface area contributed by atoms with Crippen molar-refractivity contribution >= 4 is 33.2 Å². The Labute approximate surface area is 166 Å². The summed E-state index contributed by atoms with van der Waals surface area (Å²) in [5, 5.41) is 22.5. The fraction of sp³-hybridized carbons (Fsp3) is 0.200. The molecule has 0 saturated carbocycles. The smallest absolute Gasteiger partial charge is 0.163 e. The molecule has 0 spiro atoms. The van der Waals surface area contributed by atoms with Crippen LogP contribution in [0.1, 0.15) is 23.2 Å². The van der Waals surface area contributed by atoms with Gasteiger partial charge in [-0.15, -0.1) is 11.3 Å². The largest absolute Gasteiger partial charge is 0.381 e. The van der Waals surface area contributed by atoms with Crippen molar-refractivity contribution in [3.05, 3.63) is 52.8 Å². The van der Waals surface area contributed by atoms with Crippen LogP contribution >= 0.6 is 11.3 Å². The molecule has 0 bridgehead atoms. The zero-order valence-electron chi connectivity index (χ0n) is 15.4. The van der Waals surface area contributed by atoms with Crippen LogP contribution < -0.4 is 11.1 Å². The van der Waals surface area contributed by atoms with Crippen LogP contribution in [0.2, 0.25) is 0 Å². The fourth-order valence-corrected chi connectivity index (χ4v) is 4.04. The quantitative estimate of drug-likeness (QED) is 0.431. The highest BCUT2D eigenvalue weighted by molar-refractivity contribution is 7.17. The number of hydrogen-bond acceptors (Lipinski definition) is 7. The summed E-state index contributed by atoms with van der Waals surface area (Å²) in [5.74, 6) is 1.08. The number of H-pyrrole nitrogens is 1. The van der Waals surface area contributed by atoms with Gasteiger partial charge in [0.1, 0.15) is 28.6 Å². The zero-order chi connectivity index (χ0) is 19.5. The molecule has 0 aliphatic rings. The minimum absolute atomic E-state index is 0.254. The number of aromatic nitrogens is 4. The van der Waals surface area contributed by atoms with Crippen molar-refractivity contribution in [3.8, 4) is 17.2 Å². The predicted molar refractivity (Wildman–Crippen MR) is 112 cm³/mol. The number of nitrogens with one attached hydrogen (secondary N) is 2. The highest BCUT2D eigenvalue weighted by atomic mass is 32.1. The Kier molecular flexibility index (Phi) is 4.91. The van der Waals surface area contributed by atoms with E-state index >= 15 is 0 Å². The van der Waals surface area contributed by atoms with Gasteiger partial charge < -0.3 is 11.1 Å². The molecule has 0 amide bonds. The number of thiophene rings is 1. The second kappa shape index (κ2) is 7.66. The van der Waals surface area contributed by atoms with Gasteiger partial charge in [-0.2, -0.15) is 10.4 Å². The standard InChI is InChI=1S/C20H19N7S/c1-12-4-6-13(7-5-12)15-10-28-20-17(15)19(24-11-25-20)23-8-2-3-16-14(9-21)18(22)27-26-16/h4-7,10-11H,2-3,8H2,1H3,(H3,22,26,27)(H,23,24,25). The Bertz CT molecular complexity index is 1150. The van der Waals surface area contributed by atoms with Crippen molar-refractivity contribution in [1.29, 1.82) is 5.26 Å². The molecule has 0 aliphatic heterocycles. The van der Waals surface area contributed by atoms with Gasteiger partial charge in [0.05, 0.1) is 11.1 Å². The topological polar surface area (TPSA) is 116 Å². The number of benzene rings is 1.